The second kappa shape index (κ2) is 3.90. The maximum absolute atomic E-state index is 10.2. The Morgan fingerprint density at radius 3 is 2.78 bits per heavy atom. The molecule has 0 fully saturated rings. The number of ether oxygens (including phenoxy) is 1. The van der Waals surface area contributed by atoms with Crippen LogP contribution in [0.25, 0.3) is 0 Å². The van der Waals surface area contributed by atoms with Gasteiger partial charge in [0.05, 0.1) is 6.10 Å². The molecule has 0 aliphatic carbocycles. The zero-order chi connectivity index (χ0) is 7.28. The van der Waals surface area contributed by atoms with Gasteiger partial charge in [0, 0.05) is 0 Å². The third-order valence-electron chi connectivity index (χ3n) is 0.974. The Labute approximate surface area is 54.2 Å². The van der Waals surface area contributed by atoms with Gasteiger partial charge in [-0.15, -0.1) is 0 Å². The number of hydrogen-bond acceptors (Lipinski definition) is 3. The van der Waals surface area contributed by atoms with Crippen molar-refractivity contribution in [2.24, 2.45) is 0 Å². The summed E-state index contributed by atoms with van der Waals surface area (Å²) in [4.78, 5) is 10.2. The van der Waals surface area contributed by atoms with E-state index in [4.69, 9.17) is 5.26 Å². The van der Waals surface area contributed by atoms with Crippen LogP contribution in [0.3, 0.4) is 0 Å². The molecule has 0 aromatic heterocycles. The van der Waals surface area contributed by atoms with Crippen LogP contribution in [0.1, 0.15) is 20.3 Å². The zero-order valence-electron chi connectivity index (χ0n) is 5.55. The largest absolute Gasteiger partial charge is 0.452 e. The van der Waals surface area contributed by atoms with E-state index in [-0.39, 0.29) is 6.10 Å². The van der Waals surface area contributed by atoms with E-state index in [1.54, 1.807) is 6.92 Å². The first-order chi connectivity index (χ1) is 4.20. The molecule has 0 heterocycles. The molecule has 0 spiro atoms. The molecule has 0 aliphatic rings. The molecule has 0 aromatic carbocycles. The highest BCUT2D eigenvalue weighted by atomic mass is 16.5. The lowest BCUT2D eigenvalue weighted by Crippen LogP contribution is -2.11. The van der Waals surface area contributed by atoms with Crippen molar-refractivity contribution >= 4 is 5.97 Å². The molecular weight excluding hydrogens is 118 g/mol. The molecule has 9 heavy (non-hydrogen) atoms. The Hall–Kier alpha value is -1.04. The van der Waals surface area contributed by atoms with Gasteiger partial charge >= 0.3 is 5.97 Å². The molecule has 1 unspecified atom stereocenters. The SMILES string of the molecule is CCC(C)OC(=O)C#N. The molecule has 0 bridgehead atoms. The van der Waals surface area contributed by atoms with Crippen LogP contribution in [0, 0.1) is 11.3 Å². The molecule has 0 aliphatic heterocycles. The Kier molecular flexibility index (Phi) is 3.45. The molecule has 0 N–H and O–H groups in total. The summed E-state index contributed by atoms with van der Waals surface area (Å²) in [7, 11) is 0. The van der Waals surface area contributed by atoms with E-state index in [1.165, 1.54) is 6.07 Å². The van der Waals surface area contributed by atoms with E-state index in [9.17, 15) is 4.79 Å². The minimum Gasteiger partial charge on any atom is -0.452 e. The lowest BCUT2D eigenvalue weighted by Gasteiger charge is -2.05. The fourth-order valence-corrected chi connectivity index (χ4v) is 0.292. The fraction of sp³-hybridized carbons (Fsp3) is 0.667. The van der Waals surface area contributed by atoms with Crippen LogP contribution in [0.15, 0.2) is 0 Å². The molecule has 3 heteroatoms. The average molecular weight is 127 g/mol. The van der Waals surface area contributed by atoms with Crippen LogP contribution < -0.4 is 0 Å². The highest BCUT2D eigenvalue weighted by molar-refractivity contribution is 5.85. The summed E-state index contributed by atoms with van der Waals surface area (Å²) in [5.41, 5.74) is 0. The minimum atomic E-state index is -0.802. The normalized spacial score (nSPS) is 11.7. The van der Waals surface area contributed by atoms with Crippen molar-refractivity contribution in [2.75, 3.05) is 0 Å². The van der Waals surface area contributed by atoms with Crippen molar-refractivity contribution in [3.63, 3.8) is 0 Å². The molecule has 0 aromatic rings. The standard InChI is InChI=1S/C6H9NO2/c1-3-5(2)9-6(8)4-7/h5H,3H2,1-2H3. The number of hydrogen-bond donors (Lipinski definition) is 0. The van der Waals surface area contributed by atoms with Gasteiger partial charge in [-0.05, 0) is 13.3 Å². The van der Waals surface area contributed by atoms with Gasteiger partial charge in [-0.2, -0.15) is 5.26 Å². The molecule has 1 atom stereocenters. The summed E-state index contributed by atoms with van der Waals surface area (Å²) in [5, 5.41) is 7.95. The average Bonchev–Trinajstić information content (AvgIpc) is 1.87. The first-order valence-corrected chi connectivity index (χ1v) is 2.81. The quantitative estimate of drug-likeness (QED) is 0.408. The van der Waals surface area contributed by atoms with Gasteiger partial charge < -0.3 is 4.74 Å². The highest BCUT2D eigenvalue weighted by Crippen LogP contribution is 1.94. The van der Waals surface area contributed by atoms with E-state index in [1.807, 2.05) is 6.92 Å². The van der Waals surface area contributed by atoms with Crippen LogP contribution in [0.4, 0.5) is 0 Å². The maximum Gasteiger partial charge on any atom is 0.411 e. The minimum absolute atomic E-state index is 0.142. The second-order valence-electron chi connectivity index (χ2n) is 1.74. The first kappa shape index (κ1) is 7.96. The van der Waals surface area contributed by atoms with E-state index < -0.39 is 5.97 Å². The van der Waals surface area contributed by atoms with E-state index in [0.29, 0.717) is 0 Å². The third-order valence-corrected chi connectivity index (χ3v) is 0.974. The topological polar surface area (TPSA) is 50.1 Å². The Morgan fingerprint density at radius 2 is 2.44 bits per heavy atom. The maximum atomic E-state index is 10.2. The van der Waals surface area contributed by atoms with Gasteiger partial charge in [0.25, 0.3) is 0 Å². The van der Waals surface area contributed by atoms with Crippen LogP contribution in [0.5, 0.6) is 0 Å². The predicted octanol–water partition coefficient (Wildman–Crippen LogP) is 0.852. The third kappa shape index (κ3) is 3.53. The number of esters is 1. The van der Waals surface area contributed by atoms with Crippen molar-refractivity contribution in [1.82, 2.24) is 0 Å². The van der Waals surface area contributed by atoms with Crippen LogP contribution >= 0.6 is 0 Å². The lowest BCUT2D eigenvalue weighted by molar-refractivity contribution is -0.141. The van der Waals surface area contributed by atoms with Gasteiger partial charge in [-0.3, -0.25) is 0 Å². The summed E-state index contributed by atoms with van der Waals surface area (Å²) in [5.74, 6) is -0.802. The number of carbonyl (C=O) groups excluding carboxylic acids is 1. The highest BCUT2D eigenvalue weighted by Gasteiger charge is 2.03. The lowest BCUT2D eigenvalue weighted by atomic mass is 10.3. The van der Waals surface area contributed by atoms with Crippen molar-refractivity contribution < 1.29 is 9.53 Å². The molecule has 0 radical (unpaired) electrons. The summed E-state index contributed by atoms with van der Waals surface area (Å²) in [6.07, 6.45) is 0.602. The number of rotatable bonds is 2. The van der Waals surface area contributed by atoms with E-state index in [2.05, 4.69) is 4.74 Å². The van der Waals surface area contributed by atoms with Crippen molar-refractivity contribution in [3.8, 4) is 6.07 Å². The number of nitriles is 1. The van der Waals surface area contributed by atoms with Crippen molar-refractivity contribution in [3.05, 3.63) is 0 Å². The molecule has 0 amide bonds. The van der Waals surface area contributed by atoms with Crippen molar-refractivity contribution in [1.29, 1.82) is 5.26 Å². The predicted molar refractivity (Wildman–Crippen MR) is 31.5 cm³/mol. The Morgan fingerprint density at radius 1 is 1.89 bits per heavy atom. The second-order valence-corrected chi connectivity index (χ2v) is 1.74. The molecular formula is C6H9NO2. The van der Waals surface area contributed by atoms with Crippen LogP contribution in [0.2, 0.25) is 0 Å². The van der Waals surface area contributed by atoms with Crippen LogP contribution in [-0.4, -0.2) is 12.1 Å². The molecule has 0 saturated carbocycles. The Balaban J connectivity index is 3.50. The van der Waals surface area contributed by atoms with E-state index >= 15 is 0 Å². The molecule has 3 nitrogen and oxygen atoms in total. The van der Waals surface area contributed by atoms with Crippen LogP contribution in [-0.2, 0) is 9.53 Å². The molecule has 0 saturated heterocycles. The van der Waals surface area contributed by atoms with E-state index in [0.717, 1.165) is 6.42 Å². The number of carbonyl (C=O) groups is 1. The first-order valence-electron chi connectivity index (χ1n) is 2.81. The van der Waals surface area contributed by atoms with Gasteiger partial charge in [0.2, 0.25) is 0 Å². The summed E-state index contributed by atoms with van der Waals surface area (Å²) >= 11 is 0. The molecule has 50 valence electrons. The van der Waals surface area contributed by atoms with Gasteiger partial charge in [0.1, 0.15) is 0 Å². The number of nitrogens with zero attached hydrogens (tertiary/aromatic N) is 1. The van der Waals surface area contributed by atoms with Gasteiger partial charge in [-0.25, -0.2) is 4.79 Å². The van der Waals surface area contributed by atoms with Crippen molar-refractivity contribution in [2.45, 2.75) is 26.4 Å². The molecule has 0 rings (SSSR count). The summed E-state index contributed by atoms with van der Waals surface area (Å²) < 4.78 is 4.55. The Bertz CT molecular complexity index is 136. The summed E-state index contributed by atoms with van der Waals surface area (Å²) in [6, 6.07) is 1.37. The van der Waals surface area contributed by atoms with Gasteiger partial charge in [-0.1, -0.05) is 6.92 Å². The van der Waals surface area contributed by atoms with Gasteiger partial charge in [0.15, 0.2) is 6.07 Å². The fourth-order valence-electron chi connectivity index (χ4n) is 0.292. The smallest absolute Gasteiger partial charge is 0.411 e. The monoisotopic (exact) mass is 127 g/mol. The summed E-state index contributed by atoms with van der Waals surface area (Å²) in [6.45, 7) is 3.63. The zero-order valence-corrected chi connectivity index (χ0v) is 5.55.